The Bertz CT molecular complexity index is 4930. The number of thiophene rings is 4. The minimum Gasteiger partial charge on any atom is -0.396 e. The molecule has 7 aromatic heterocycles. The topological polar surface area (TPSA) is 129 Å². The summed E-state index contributed by atoms with van der Waals surface area (Å²) < 4.78 is 91.7. The van der Waals surface area contributed by atoms with E-state index in [2.05, 4.69) is 88.4 Å². The van der Waals surface area contributed by atoms with Gasteiger partial charge in [-0.1, -0.05) is 207 Å². The van der Waals surface area contributed by atoms with Gasteiger partial charge in [-0.2, -0.15) is 17.5 Å². The summed E-state index contributed by atoms with van der Waals surface area (Å²) in [7, 11) is 0. The van der Waals surface area contributed by atoms with Crippen LogP contribution in [0, 0.1) is 68.2 Å². The second-order valence-corrected chi connectivity index (χ2v) is 35.5. The van der Waals surface area contributed by atoms with Crippen molar-refractivity contribution < 1.29 is 20.5 Å². The lowest BCUT2D eigenvalue weighted by molar-refractivity contribution is 0.421. The fraction of sp³-hybridized carbons (Fsp3) is 0.409. The van der Waals surface area contributed by atoms with Gasteiger partial charge in [0.15, 0.2) is 0 Å². The Balaban J connectivity index is 0.000000233. The zero-order chi connectivity index (χ0) is 79.5. The van der Waals surface area contributed by atoms with Crippen molar-refractivity contribution in [3.63, 3.8) is 0 Å². The zero-order valence-corrected chi connectivity index (χ0v) is 71.5. The van der Waals surface area contributed by atoms with Crippen molar-refractivity contribution in [2.45, 2.75) is 223 Å². The second kappa shape index (κ2) is 39.9. The highest BCUT2D eigenvalue weighted by atomic mass is 32.1. The lowest BCUT2D eigenvalue weighted by atomic mass is 9.92. The van der Waals surface area contributed by atoms with Gasteiger partial charge in [0.25, 0.3) is 0 Å². The van der Waals surface area contributed by atoms with E-state index in [4.69, 9.17) is 33.2 Å². The molecule has 4 unspecified atom stereocenters. The van der Waals surface area contributed by atoms with Gasteiger partial charge >= 0.3 is 0 Å². The van der Waals surface area contributed by atoms with Crippen molar-refractivity contribution in [2.24, 2.45) is 23.7 Å². The third-order valence-electron chi connectivity index (χ3n) is 22.7. The van der Waals surface area contributed by atoms with E-state index in [-0.39, 0.29) is 30.7 Å². The number of hydrogen-bond donors (Lipinski definition) is 2. The summed E-state index contributed by atoms with van der Waals surface area (Å²) >= 11 is 8.28. The number of anilines is 2. The van der Waals surface area contributed by atoms with Gasteiger partial charge in [0.2, 0.25) is 0 Å². The maximum Gasteiger partial charge on any atom is 0.132 e. The fourth-order valence-corrected chi connectivity index (χ4v) is 21.0. The Labute approximate surface area is 683 Å². The molecule has 13 rings (SSSR count). The van der Waals surface area contributed by atoms with Crippen LogP contribution in [-0.4, -0.2) is 27.5 Å². The Morgan fingerprint density at radius 2 is 0.568 bits per heavy atom. The fourth-order valence-electron chi connectivity index (χ4n) is 15.5. The van der Waals surface area contributed by atoms with Crippen molar-refractivity contribution in [3.8, 4) is 83.5 Å². The molecule has 13 aromatic rings. The van der Waals surface area contributed by atoms with Crippen LogP contribution < -0.4 is 11.5 Å². The molecular formula is C93H111F4N8S6-. The molecule has 0 bridgehead atoms. The van der Waals surface area contributed by atoms with E-state index in [9.17, 15) is 0 Å². The standard InChI is InChI=1S/C48H54F2N4S3.C44H52F2N4S3.CH3.H2/c1-7-11-13-31(9-3)15-17-33-19-21-35(37(49)27-33)39-23-25-41(55-39)43-45-46(52-30(6)29(5)51-45)44(48-47(43)53-57-54-48)42-26-24-40(56-42)36-22-20-34(28-38(36)50)18-16-32(10-4)14-12-8-2;1-5-9-11-27(7-3)13-15-29-17-19-31(33(45)25-29)35-21-23-37(51-35)39-41(47)42(48)40(44-43(39)49-53-50-44)38-24-22-36(52-38)32-20-18-30(26-34(32)46)16-14-28(8-4)12-10-6-2;;/h19-28,31-32H,7-18H2,1-6H3;17-28H,5-16,47-48H2,1-4H3;1H3;1H/q;;-1;/i;;;1+2D. The highest BCUT2D eigenvalue weighted by Crippen LogP contribution is 2.52. The first kappa shape index (κ1) is 82.9. The van der Waals surface area contributed by atoms with E-state index in [0.717, 1.165) is 194 Å². The maximum absolute atomic E-state index is 15.8. The smallest absolute Gasteiger partial charge is 0.132 e. The lowest BCUT2D eigenvalue weighted by Crippen LogP contribution is -2.01. The molecule has 0 aliphatic rings. The van der Waals surface area contributed by atoms with Crippen molar-refractivity contribution in [1.29, 1.82) is 0 Å². The van der Waals surface area contributed by atoms with Crippen LogP contribution in [0.5, 0.6) is 0 Å². The molecule has 4 N–H and O–H groups in total. The van der Waals surface area contributed by atoms with Crippen LogP contribution in [0.1, 0.15) is 220 Å². The largest absolute Gasteiger partial charge is 0.396 e. The molecule has 0 spiro atoms. The number of benzene rings is 6. The first-order chi connectivity index (χ1) is 54.5. The molecule has 0 aliphatic heterocycles. The van der Waals surface area contributed by atoms with Gasteiger partial charge in [-0.3, -0.25) is 0 Å². The van der Waals surface area contributed by atoms with Gasteiger partial charge < -0.3 is 18.9 Å². The number of aryl methyl sites for hydroxylation is 6. The summed E-state index contributed by atoms with van der Waals surface area (Å²) in [4.78, 5) is 17.2. The summed E-state index contributed by atoms with van der Waals surface area (Å²) in [6.07, 6.45) is 27.4. The average molecular weight is 1610 g/mol. The number of nitrogen functional groups attached to an aromatic ring is 2. The molecule has 0 aliphatic carbocycles. The van der Waals surface area contributed by atoms with Crippen molar-refractivity contribution in [1.82, 2.24) is 27.5 Å². The van der Waals surface area contributed by atoms with Crippen molar-refractivity contribution >= 4 is 113 Å². The van der Waals surface area contributed by atoms with Crippen LogP contribution in [0.2, 0.25) is 0 Å². The number of aromatic nitrogens is 6. The minimum absolute atomic E-state index is 0. The highest BCUT2D eigenvalue weighted by Gasteiger charge is 2.28. The molecule has 4 atom stereocenters. The summed E-state index contributed by atoms with van der Waals surface area (Å²) in [5, 5.41) is 0. The Morgan fingerprint density at radius 3 is 0.802 bits per heavy atom. The first-order valence-corrected chi connectivity index (χ1v) is 45.0. The quantitative estimate of drug-likeness (QED) is 0.0226. The molecule has 8 nitrogen and oxygen atoms in total. The molecule has 6 aromatic carbocycles. The van der Waals surface area contributed by atoms with Gasteiger partial charge in [0, 0.05) is 86.5 Å². The van der Waals surface area contributed by atoms with Crippen LogP contribution in [0.4, 0.5) is 28.9 Å². The molecule has 0 fully saturated rings. The van der Waals surface area contributed by atoms with Gasteiger partial charge in [0.1, 0.15) is 56.4 Å². The van der Waals surface area contributed by atoms with Crippen molar-refractivity contribution in [3.05, 3.63) is 186 Å². The summed E-state index contributed by atoms with van der Waals surface area (Å²) in [5.74, 6) is 1.93. The van der Waals surface area contributed by atoms with Gasteiger partial charge in [-0.05, 0) is 184 Å². The van der Waals surface area contributed by atoms with E-state index in [1.54, 1.807) is 24.3 Å². The summed E-state index contributed by atoms with van der Waals surface area (Å²) in [6, 6.07) is 38.6. The predicted octanol–water partition coefficient (Wildman–Crippen LogP) is 30.5. The van der Waals surface area contributed by atoms with Crippen LogP contribution in [0.15, 0.2) is 121 Å². The molecule has 588 valence electrons. The van der Waals surface area contributed by atoms with E-state index in [1.165, 1.54) is 135 Å². The van der Waals surface area contributed by atoms with E-state index < -0.39 is 0 Å². The summed E-state index contributed by atoms with van der Waals surface area (Å²) in [5.41, 5.74) is 30.0. The number of halogens is 4. The third kappa shape index (κ3) is 19.8. The maximum atomic E-state index is 15.8. The highest BCUT2D eigenvalue weighted by molar-refractivity contribution is 7.20. The molecule has 7 heterocycles. The number of rotatable bonds is 36. The van der Waals surface area contributed by atoms with Crippen LogP contribution in [-0.2, 0) is 25.7 Å². The number of unbranched alkanes of at least 4 members (excludes halogenated alkanes) is 4. The Hall–Kier alpha value is -7.58. The predicted molar refractivity (Wildman–Crippen MR) is 476 cm³/mol. The normalized spacial score (nSPS) is 12.8. The van der Waals surface area contributed by atoms with Gasteiger partial charge in [0.05, 0.1) is 46.2 Å². The Morgan fingerprint density at radius 1 is 0.333 bits per heavy atom. The van der Waals surface area contributed by atoms with Crippen molar-refractivity contribution in [2.75, 3.05) is 11.5 Å². The third-order valence-corrected chi connectivity index (χ3v) is 28.3. The van der Waals surface area contributed by atoms with Gasteiger partial charge in [-0.25, -0.2) is 27.5 Å². The SMILES string of the molecule is CCCCC(CC)CCc1ccc(-c2ccc(-c3c(N)c(N)c(-c4ccc(-c5ccc(CCC(CC)CCCC)cc5F)s4)c4nsnc34)s2)c(F)c1.CCCCC(CC)CCc1ccc(-c2ccc(-c3c4nsnc4c(-c4ccc(-c5ccc(CCC(CC)CCCC)cc5F)s4)c4nc(C)c(C)nc34)s2)c(F)c1.[2H][3H].[CH3-]. The Kier molecular flexibility index (Phi) is 29.8. The molecule has 0 amide bonds. The molecule has 18 heteroatoms. The van der Waals surface area contributed by atoms with E-state index in [1.807, 2.05) is 86.6 Å². The monoisotopic (exact) mass is 1610 g/mol. The molecule has 0 saturated carbocycles. The average Bonchev–Trinajstić information content (AvgIpc) is 1.66. The number of hydrogen-bond acceptors (Lipinski definition) is 14. The molecule has 0 saturated heterocycles. The second-order valence-electron chi connectivity index (χ2n) is 30.1. The van der Waals surface area contributed by atoms with Crippen LogP contribution in [0.25, 0.3) is 117 Å². The van der Waals surface area contributed by atoms with Crippen LogP contribution >= 0.6 is 68.8 Å². The molecule has 0 radical (unpaired) electrons. The van der Waals surface area contributed by atoms with E-state index >= 15 is 17.6 Å². The minimum atomic E-state index is -0.215. The number of fused-ring (bicyclic) bond motifs is 3. The van der Waals surface area contributed by atoms with Crippen LogP contribution in [0.3, 0.4) is 0 Å². The molecule has 111 heavy (non-hydrogen) atoms. The van der Waals surface area contributed by atoms with Gasteiger partial charge in [-0.15, -0.1) is 45.3 Å². The number of nitrogens with zero attached hydrogens (tertiary/aromatic N) is 6. The number of nitrogens with two attached hydrogens (primary N) is 2. The summed E-state index contributed by atoms with van der Waals surface area (Å²) in [6.45, 7) is 21.9. The first-order valence-electron chi connectivity index (χ1n) is 41.3. The lowest BCUT2D eigenvalue weighted by Gasteiger charge is -2.14. The van der Waals surface area contributed by atoms with E-state index in [0.29, 0.717) is 79.5 Å². The zero-order valence-electron chi connectivity index (χ0n) is 68.6. The molecular weight excluding hydrogens is 1500 g/mol.